The predicted octanol–water partition coefficient (Wildman–Crippen LogP) is 4.12. The molecule has 1 amide bonds. The number of aryl methyl sites for hydroxylation is 1. The molecule has 1 N–H and O–H groups in total. The van der Waals surface area contributed by atoms with E-state index in [4.69, 9.17) is 0 Å². The van der Waals surface area contributed by atoms with Gasteiger partial charge in [0.2, 0.25) is 0 Å². The second-order valence-electron chi connectivity index (χ2n) is 6.14. The lowest BCUT2D eigenvalue weighted by molar-refractivity contribution is 0.0927. The highest BCUT2D eigenvalue weighted by Gasteiger charge is 2.17. The highest BCUT2D eigenvalue weighted by molar-refractivity contribution is 5.95. The van der Waals surface area contributed by atoms with Gasteiger partial charge in [0.1, 0.15) is 0 Å². The normalized spacial score (nSPS) is 15.5. The average Bonchev–Trinajstić information content (AvgIpc) is 2.56. The maximum Gasteiger partial charge on any atom is 0.253 e. The SMILES string of the molecule is Cc1ccc(-c2cncc(C(=O)NC3CCCCC3)c2)cc1. The molecule has 0 unspecified atom stereocenters. The van der Waals surface area contributed by atoms with E-state index in [1.165, 1.54) is 24.8 Å². The number of benzene rings is 1. The van der Waals surface area contributed by atoms with Crippen LogP contribution in [0, 0.1) is 6.92 Å². The van der Waals surface area contributed by atoms with Gasteiger partial charge in [-0.15, -0.1) is 0 Å². The molecular weight excluding hydrogens is 272 g/mol. The van der Waals surface area contributed by atoms with Crippen molar-refractivity contribution in [2.45, 2.75) is 45.1 Å². The third kappa shape index (κ3) is 3.53. The Bertz CT molecular complexity index is 643. The number of carbonyl (C=O) groups excluding carboxylic acids is 1. The minimum Gasteiger partial charge on any atom is -0.349 e. The number of hydrogen-bond acceptors (Lipinski definition) is 2. The maximum atomic E-state index is 12.4. The average molecular weight is 294 g/mol. The van der Waals surface area contributed by atoms with E-state index in [-0.39, 0.29) is 5.91 Å². The zero-order chi connectivity index (χ0) is 15.4. The number of nitrogens with zero attached hydrogens (tertiary/aromatic N) is 1. The summed E-state index contributed by atoms with van der Waals surface area (Å²) in [6, 6.07) is 10.5. The number of aromatic nitrogens is 1. The van der Waals surface area contributed by atoms with Crippen LogP contribution in [0.15, 0.2) is 42.7 Å². The molecule has 1 fully saturated rings. The topological polar surface area (TPSA) is 42.0 Å². The first-order valence-corrected chi connectivity index (χ1v) is 8.05. The summed E-state index contributed by atoms with van der Waals surface area (Å²) in [6.45, 7) is 2.07. The molecule has 3 nitrogen and oxygen atoms in total. The van der Waals surface area contributed by atoms with E-state index in [2.05, 4.69) is 41.5 Å². The van der Waals surface area contributed by atoms with Gasteiger partial charge in [0.05, 0.1) is 5.56 Å². The van der Waals surface area contributed by atoms with Crippen molar-refractivity contribution in [1.29, 1.82) is 0 Å². The smallest absolute Gasteiger partial charge is 0.253 e. The van der Waals surface area contributed by atoms with Crippen LogP contribution in [0.3, 0.4) is 0 Å². The number of carbonyl (C=O) groups is 1. The number of pyridine rings is 1. The lowest BCUT2D eigenvalue weighted by Gasteiger charge is -2.22. The molecule has 1 saturated carbocycles. The van der Waals surface area contributed by atoms with E-state index in [1.807, 2.05) is 12.3 Å². The van der Waals surface area contributed by atoms with Crippen LogP contribution in [0.5, 0.6) is 0 Å². The molecule has 114 valence electrons. The van der Waals surface area contributed by atoms with Crippen LogP contribution in [0.4, 0.5) is 0 Å². The van der Waals surface area contributed by atoms with E-state index in [1.54, 1.807) is 6.20 Å². The third-order valence-corrected chi connectivity index (χ3v) is 4.33. The summed E-state index contributed by atoms with van der Waals surface area (Å²) in [5, 5.41) is 3.14. The Morgan fingerprint density at radius 2 is 1.77 bits per heavy atom. The lowest BCUT2D eigenvalue weighted by Crippen LogP contribution is -2.36. The van der Waals surface area contributed by atoms with Gasteiger partial charge in [-0.05, 0) is 31.4 Å². The van der Waals surface area contributed by atoms with Gasteiger partial charge in [-0.1, -0.05) is 49.1 Å². The molecule has 3 heteroatoms. The molecule has 1 aliphatic carbocycles. The quantitative estimate of drug-likeness (QED) is 0.925. The van der Waals surface area contributed by atoms with Crippen LogP contribution in [-0.2, 0) is 0 Å². The maximum absolute atomic E-state index is 12.4. The van der Waals surface area contributed by atoms with E-state index in [0.717, 1.165) is 24.0 Å². The molecule has 1 aliphatic rings. The van der Waals surface area contributed by atoms with Crippen molar-refractivity contribution in [2.24, 2.45) is 0 Å². The van der Waals surface area contributed by atoms with Gasteiger partial charge in [0, 0.05) is 24.0 Å². The van der Waals surface area contributed by atoms with Crippen LogP contribution >= 0.6 is 0 Å². The Kier molecular flexibility index (Phi) is 4.52. The molecule has 2 aromatic rings. The first kappa shape index (κ1) is 14.8. The number of nitrogens with one attached hydrogen (secondary N) is 1. The zero-order valence-corrected chi connectivity index (χ0v) is 13.0. The predicted molar refractivity (Wildman–Crippen MR) is 88.7 cm³/mol. The summed E-state index contributed by atoms with van der Waals surface area (Å²) >= 11 is 0. The Morgan fingerprint density at radius 1 is 1.05 bits per heavy atom. The van der Waals surface area contributed by atoms with Gasteiger partial charge in [0.15, 0.2) is 0 Å². The second kappa shape index (κ2) is 6.73. The van der Waals surface area contributed by atoms with Crippen LogP contribution in [0.2, 0.25) is 0 Å². The summed E-state index contributed by atoms with van der Waals surface area (Å²) in [4.78, 5) is 16.6. The second-order valence-corrected chi connectivity index (χ2v) is 6.14. The van der Waals surface area contributed by atoms with Crippen molar-refractivity contribution in [3.05, 3.63) is 53.9 Å². The van der Waals surface area contributed by atoms with E-state index in [9.17, 15) is 4.79 Å². The van der Waals surface area contributed by atoms with Crippen LogP contribution in [0.25, 0.3) is 11.1 Å². The van der Waals surface area contributed by atoms with Crippen LogP contribution in [0.1, 0.15) is 48.0 Å². The van der Waals surface area contributed by atoms with Gasteiger partial charge >= 0.3 is 0 Å². The van der Waals surface area contributed by atoms with Gasteiger partial charge in [-0.25, -0.2) is 0 Å². The summed E-state index contributed by atoms with van der Waals surface area (Å²) in [5.41, 5.74) is 3.94. The first-order valence-electron chi connectivity index (χ1n) is 8.05. The minimum atomic E-state index is -0.00615. The molecule has 0 spiro atoms. The summed E-state index contributed by atoms with van der Waals surface area (Å²) in [6.07, 6.45) is 9.36. The lowest BCUT2D eigenvalue weighted by atomic mass is 9.95. The molecule has 0 aliphatic heterocycles. The Balaban J connectivity index is 1.75. The van der Waals surface area contributed by atoms with Gasteiger partial charge in [0.25, 0.3) is 5.91 Å². The highest BCUT2D eigenvalue weighted by atomic mass is 16.1. The van der Waals surface area contributed by atoms with Gasteiger partial charge in [-0.2, -0.15) is 0 Å². The molecule has 1 heterocycles. The Labute approximate surface area is 131 Å². The largest absolute Gasteiger partial charge is 0.349 e. The van der Waals surface area contributed by atoms with Crippen LogP contribution in [-0.4, -0.2) is 16.9 Å². The molecule has 0 radical (unpaired) electrons. The summed E-state index contributed by atoms with van der Waals surface area (Å²) in [7, 11) is 0. The van der Waals surface area contributed by atoms with Crippen LogP contribution < -0.4 is 5.32 Å². The molecular formula is C19H22N2O. The van der Waals surface area contributed by atoms with E-state index >= 15 is 0 Å². The first-order chi connectivity index (χ1) is 10.7. The fourth-order valence-corrected chi connectivity index (χ4v) is 2.98. The molecule has 22 heavy (non-hydrogen) atoms. The number of rotatable bonds is 3. The molecule has 0 atom stereocenters. The molecule has 1 aromatic heterocycles. The molecule has 0 saturated heterocycles. The monoisotopic (exact) mass is 294 g/mol. The summed E-state index contributed by atoms with van der Waals surface area (Å²) < 4.78 is 0. The fraction of sp³-hybridized carbons (Fsp3) is 0.368. The van der Waals surface area contributed by atoms with Crippen molar-refractivity contribution in [3.63, 3.8) is 0 Å². The zero-order valence-electron chi connectivity index (χ0n) is 13.0. The van der Waals surface area contributed by atoms with Gasteiger partial charge < -0.3 is 5.32 Å². The standard InChI is InChI=1S/C19H22N2O/c1-14-7-9-15(10-8-14)16-11-17(13-20-12-16)19(22)21-18-5-3-2-4-6-18/h7-13,18H,2-6H2,1H3,(H,21,22). The Hall–Kier alpha value is -2.16. The third-order valence-electron chi connectivity index (χ3n) is 4.33. The summed E-state index contributed by atoms with van der Waals surface area (Å²) in [5.74, 6) is -0.00615. The van der Waals surface area contributed by atoms with Crippen molar-refractivity contribution in [2.75, 3.05) is 0 Å². The minimum absolute atomic E-state index is 0.00615. The Morgan fingerprint density at radius 3 is 2.50 bits per heavy atom. The van der Waals surface area contributed by atoms with Crippen molar-refractivity contribution in [1.82, 2.24) is 10.3 Å². The number of hydrogen-bond donors (Lipinski definition) is 1. The van der Waals surface area contributed by atoms with Crippen molar-refractivity contribution >= 4 is 5.91 Å². The van der Waals surface area contributed by atoms with Crippen molar-refractivity contribution < 1.29 is 4.79 Å². The fourth-order valence-electron chi connectivity index (χ4n) is 2.98. The van der Waals surface area contributed by atoms with Gasteiger partial charge in [-0.3, -0.25) is 9.78 Å². The number of amides is 1. The van der Waals surface area contributed by atoms with E-state index < -0.39 is 0 Å². The van der Waals surface area contributed by atoms with Crippen molar-refractivity contribution in [3.8, 4) is 11.1 Å². The molecule has 3 rings (SSSR count). The van der Waals surface area contributed by atoms with E-state index in [0.29, 0.717) is 11.6 Å². The molecule has 1 aromatic carbocycles. The highest BCUT2D eigenvalue weighted by Crippen LogP contribution is 2.21. The molecule has 0 bridgehead atoms.